The average Bonchev–Trinajstić information content (AvgIpc) is 2.61. The molecule has 0 saturated carbocycles. The summed E-state index contributed by atoms with van der Waals surface area (Å²) in [6.45, 7) is 9.06. The summed E-state index contributed by atoms with van der Waals surface area (Å²) in [6, 6.07) is 17.9. The van der Waals surface area contributed by atoms with E-state index >= 15 is 0 Å². The lowest BCUT2D eigenvalue weighted by Crippen LogP contribution is -3.14. The van der Waals surface area contributed by atoms with E-state index in [1.807, 2.05) is 70.2 Å². The predicted molar refractivity (Wildman–Crippen MR) is 110 cm³/mol. The minimum absolute atomic E-state index is 0.0423. The number of hydrogen-bond acceptors (Lipinski definition) is 2. The zero-order chi connectivity index (χ0) is 19.9. The van der Waals surface area contributed by atoms with Gasteiger partial charge in [0.1, 0.15) is 0 Å². The molecule has 3 N–H and O–H groups in total. The molecule has 0 aliphatic heterocycles. The van der Waals surface area contributed by atoms with E-state index in [2.05, 4.69) is 22.8 Å². The van der Waals surface area contributed by atoms with Gasteiger partial charge in [-0.15, -0.1) is 0 Å². The average molecular weight is 369 g/mol. The number of benzene rings is 2. The third-order valence-electron chi connectivity index (χ3n) is 4.11. The predicted octanol–water partition coefficient (Wildman–Crippen LogP) is 2.11. The van der Waals surface area contributed by atoms with Gasteiger partial charge in [0, 0.05) is 11.2 Å². The van der Waals surface area contributed by atoms with E-state index in [1.165, 1.54) is 0 Å². The number of hydrogen-bond donors (Lipinski definition) is 3. The van der Waals surface area contributed by atoms with Crippen molar-refractivity contribution in [3.63, 3.8) is 0 Å². The Kier molecular flexibility index (Phi) is 7.13. The highest BCUT2D eigenvalue weighted by molar-refractivity contribution is 5.91. The molecule has 144 valence electrons. The second kappa shape index (κ2) is 9.33. The standard InChI is InChI=1S/C22H29N3O2/c1-5-25(16-21(27)24-22(2,3)4)15-20(26)23-19-13-11-18(12-14-19)17-9-7-6-8-10-17/h6-14H,5,15-16H2,1-4H3,(H,23,26)(H,24,27)/p+1. The number of quaternary nitrogens is 1. The molecule has 5 heteroatoms. The lowest BCUT2D eigenvalue weighted by Gasteiger charge is -2.23. The van der Waals surface area contributed by atoms with Gasteiger partial charge in [-0.2, -0.15) is 0 Å². The number of anilines is 1. The minimum atomic E-state index is -0.265. The molecular formula is C22H30N3O2+. The number of rotatable bonds is 7. The Bertz CT molecular complexity index is 749. The molecule has 0 bridgehead atoms. The van der Waals surface area contributed by atoms with E-state index in [9.17, 15) is 9.59 Å². The monoisotopic (exact) mass is 368 g/mol. The lowest BCUT2D eigenvalue weighted by molar-refractivity contribution is -0.881. The fraction of sp³-hybridized carbons (Fsp3) is 0.364. The minimum Gasteiger partial charge on any atom is -0.347 e. The van der Waals surface area contributed by atoms with Gasteiger partial charge >= 0.3 is 0 Å². The Labute approximate surface area is 161 Å². The molecule has 0 heterocycles. The van der Waals surface area contributed by atoms with Crippen LogP contribution in [-0.4, -0.2) is 37.0 Å². The van der Waals surface area contributed by atoms with Crippen LogP contribution in [0.5, 0.6) is 0 Å². The van der Waals surface area contributed by atoms with Gasteiger partial charge in [-0.05, 0) is 51.0 Å². The molecule has 27 heavy (non-hydrogen) atoms. The summed E-state index contributed by atoms with van der Waals surface area (Å²) in [6.07, 6.45) is 0. The van der Waals surface area contributed by atoms with Gasteiger partial charge in [0.15, 0.2) is 13.1 Å². The van der Waals surface area contributed by atoms with E-state index in [4.69, 9.17) is 0 Å². The molecule has 1 atom stereocenters. The van der Waals surface area contributed by atoms with Crippen LogP contribution in [0.15, 0.2) is 54.6 Å². The van der Waals surface area contributed by atoms with Gasteiger partial charge in [-0.25, -0.2) is 0 Å². The van der Waals surface area contributed by atoms with Gasteiger partial charge < -0.3 is 15.5 Å². The maximum absolute atomic E-state index is 12.3. The molecule has 0 spiro atoms. The van der Waals surface area contributed by atoms with Crippen LogP contribution in [0.3, 0.4) is 0 Å². The zero-order valence-corrected chi connectivity index (χ0v) is 16.6. The van der Waals surface area contributed by atoms with Gasteiger partial charge in [0.05, 0.1) is 6.54 Å². The van der Waals surface area contributed by atoms with Gasteiger partial charge in [0.2, 0.25) is 0 Å². The first kappa shape index (κ1) is 20.6. The molecular weight excluding hydrogens is 338 g/mol. The molecule has 0 fully saturated rings. The fourth-order valence-corrected chi connectivity index (χ4v) is 2.81. The van der Waals surface area contributed by atoms with Gasteiger partial charge in [-0.3, -0.25) is 9.59 Å². The molecule has 0 aliphatic carbocycles. The summed E-state index contributed by atoms with van der Waals surface area (Å²) in [5.74, 6) is -0.137. The summed E-state index contributed by atoms with van der Waals surface area (Å²) in [4.78, 5) is 25.3. The molecule has 5 nitrogen and oxygen atoms in total. The quantitative estimate of drug-likeness (QED) is 0.701. The lowest BCUT2D eigenvalue weighted by atomic mass is 10.1. The first-order valence-electron chi connectivity index (χ1n) is 9.37. The summed E-state index contributed by atoms with van der Waals surface area (Å²) in [5.41, 5.74) is 2.74. The molecule has 2 aromatic rings. The van der Waals surface area contributed by atoms with Crippen LogP contribution >= 0.6 is 0 Å². The number of carbonyl (C=O) groups is 2. The summed E-state index contributed by atoms with van der Waals surface area (Å²) in [7, 11) is 0. The Morgan fingerprint density at radius 2 is 1.41 bits per heavy atom. The van der Waals surface area contributed by atoms with E-state index in [0.29, 0.717) is 6.54 Å². The Morgan fingerprint density at radius 1 is 0.852 bits per heavy atom. The van der Waals surface area contributed by atoms with Crippen molar-refractivity contribution < 1.29 is 14.5 Å². The second-order valence-corrected chi connectivity index (χ2v) is 7.75. The fourth-order valence-electron chi connectivity index (χ4n) is 2.81. The first-order chi connectivity index (χ1) is 12.8. The molecule has 0 aliphatic rings. The highest BCUT2D eigenvalue weighted by Gasteiger charge is 2.20. The van der Waals surface area contributed by atoms with Gasteiger partial charge in [-0.1, -0.05) is 42.5 Å². The van der Waals surface area contributed by atoms with Crippen LogP contribution in [0, 0.1) is 0 Å². The van der Waals surface area contributed by atoms with Crippen molar-refractivity contribution in [2.45, 2.75) is 33.2 Å². The van der Waals surface area contributed by atoms with Crippen LogP contribution in [0.2, 0.25) is 0 Å². The Hall–Kier alpha value is -2.66. The molecule has 2 rings (SSSR count). The van der Waals surface area contributed by atoms with Crippen molar-refractivity contribution in [2.24, 2.45) is 0 Å². The third kappa shape index (κ3) is 7.23. The first-order valence-corrected chi connectivity index (χ1v) is 9.37. The molecule has 0 saturated heterocycles. The molecule has 1 unspecified atom stereocenters. The molecule has 0 radical (unpaired) electrons. The van der Waals surface area contributed by atoms with Crippen molar-refractivity contribution in [2.75, 3.05) is 25.0 Å². The highest BCUT2D eigenvalue weighted by Crippen LogP contribution is 2.20. The van der Waals surface area contributed by atoms with E-state index < -0.39 is 0 Å². The second-order valence-electron chi connectivity index (χ2n) is 7.75. The number of nitrogens with one attached hydrogen (secondary N) is 3. The van der Waals surface area contributed by atoms with Crippen LogP contribution in [0.1, 0.15) is 27.7 Å². The summed E-state index contributed by atoms with van der Waals surface area (Å²) >= 11 is 0. The van der Waals surface area contributed by atoms with Crippen molar-refractivity contribution >= 4 is 17.5 Å². The van der Waals surface area contributed by atoms with Crippen LogP contribution in [0.4, 0.5) is 5.69 Å². The SMILES string of the molecule is CC[NH+](CC(=O)Nc1ccc(-c2ccccc2)cc1)CC(=O)NC(C)(C)C. The van der Waals surface area contributed by atoms with Crippen LogP contribution in [-0.2, 0) is 9.59 Å². The van der Waals surface area contributed by atoms with Crippen LogP contribution < -0.4 is 15.5 Å². The van der Waals surface area contributed by atoms with Crippen LogP contribution in [0.25, 0.3) is 11.1 Å². The normalized spacial score (nSPS) is 12.3. The topological polar surface area (TPSA) is 62.6 Å². The van der Waals surface area contributed by atoms with Crippen molar-refractivity contribution in [1.82, 2.24) is 5.32 Å². The van der Waals surface area contributed by atoms with Crippen molar-refractivity contribution in [3.05, 3.63) is 54.6 Å². The number of amides is 2. The summed E-state index contributed by atoms with van der Waals surface area (Å²) in [5, 5.41) is 5.85. The van der Waals surface area contributed by atoms with Gasteiger partial charge in [0.25, 0.3) is 11.8 Å². The maximum atomic E-state index is 12.3. The van der Waals surface area contributed by atoms with Crippen molar-refractivity contribution in [3.8, 4) is 11.1 Å². The zero-order valence-electron chi connectivity index (χ0n) is 16.6. The number of likely N-dealkylation sites (N-methyl/N-ethyl adjacent to an activating group) is 1. The summed E-state index contributed by atoms with van der Waals surface area (Å²) < 4.78 is 0. The Balaban J connectivity index is 1.89. The number of carbonyl (C=O) groups excluding carboxylic acids is 2. The molecule has 2 aromatic carbocycles. The maximum Gasteiger partial charge on any atom is 0.279 e. The largest absolute Gasteiger partial charge is 0.347 e. The highest BCUT2D eigenvalue weighted by atomic mass is 16.2. The van der Waals surface area contributed by atoms with E-state index in [1.54, 1.807) is 0 Å². The molecule has 0 aromatic heterocycles. The van der Waals surface area contributed by atoms with E-state index in [-0.39, 0.29) is 30.4 Å². The third-order valence-corrected chi connectivity index (χ3v) is 4.11. The molecule has 2 amide bonds. The van der Waals surface area contributed by atoms with Crippen molar-refractivity contribution in [1.29, 1.82) is 0 Å². The smallest absolute Gasteiger partial charge is 0.279 e. The van der Waals surface area contributed by atoms with E-state index in [0.717, 1.165) is 21.7 Å². The Morgan fingerprint density at radius 3 is 1.96 bits per heavy atom.